The van der Waals surface area contributed by atoms with E-state index in [1.807, 2.05) is 36.0 Å². The Bertz CT molecular complexity index is 1100. The van der Waals surface area contributed by atoms with Crippen LogP contribution >= 0.6 is 0 Å². The number of nitrogens with one attached hydrogen (secondary N) is 2. The zero-order chi connectivity index (χ0) is 22.7. The van der Waals surface area contributed by atoms with Crippen LogP contribution in [0.5, 0.6) is 0 Å². The maximum atomic E-state index is 13.8. The number of hydrogen-bond acceptors (Lipinski definition) is 6. The number of amides is 1. The van der Waals surface area contributed by atoms with E-state index in [9.17, 15) is 4.79 Å². The molecule has 1 aromatic carbocycles. The third-order valence-electron chi connectivity index (χ3n) is 6.81. The van der Waals surface area contributed by atoms with Crippen LogP contribution < -0.4 is 10.6 Å². The quantitative estimate of drug-likeness (QED) is 0.599. The molecule has 8 heteroatoms. The predicted octanol–water partition coefficient (Wildman–Crippen LogP) is 3.48. The second-order valence-electron chi connectivity index (χ2n) is 8.79. The molecule has 0 spiro atoms. The molecule has 0 bridgehead atoms. The van der Waals surface area contributed by atoms with Crippen molar-refractivity contribution >= 4 is 22.6 Å². The number of carbonyl (C=O) groups excluding carboxylic acids is 1. The molecule has 3 aromatic rings. The molecule has 33 heavy (non-hydrogen) atoms. The summed E-state index contributed by atoms with van der Waals surface area (Å²) in [6, 6.07) is 10.4. The van der Waals surface area contributed by atoms with Crippen LogP contribution in [0.1, 0.15) is 48.5 Å². The van der Waals surface area contributed by atoms with Gasteiger partial charge in [0.25, 0.3) is 5.91 Å². The second kappa shape index (κ2) is 9.49. The first kappa shape index (κ1) is 21.9. The first-order chi connectivity index (χ1) is 16.2. The van der Waals surface area contributed by atoms with Crippen LogP contribution in [-0.4, -0.2) is 53.1 Å². The van der Waals surface area contributed by atoms with Crippen LogP contribution in [0.25, 0.3) is 11.0 Å². The molecule has 5 rings (SSSR count). The van der Waals surface area contributed by atoms with Crippen molar-refractivity contribution in [3.8, 4) is 0 Å². The normalized spacial score (nSPS) is 18.8. The van der Waals surface area contributed by atoms with Crippen LogP contribution in [0.15, 0.2) is 42.7 Å². The van der Waals surface area contributed by atoms with E-state index in [-0.39, 0.29) is 11.9 Å². The van der Waals surface area contributed by atoms with Gasteiger partial charge in [-0.2, -0.15) is 5.10 Å². The third-order valence-corrected chi connectivity index (χ3v) is 6.81. The van der Waals surface area contributed by atoms with Crippen LogP contribution in [-0.2, 0) is 21.6 Å². The smallest absolute Gasteiger partial charge is 0.255 e. The number of carbonyl (C=O) groups is 1. The van der Waals surface area contributed by atoms with Crippen molar-refractivity contribution in [2.75, 3.05) is 31.7 Å². The molecule has 2 aromatic heterocycles. The van der Waals surface area contributed by atoms with Gasteiger partial charge in [0.2, 0.25) is 0 Å². The van der Waals surface area contributed by atoms with Crippen molar-refractivity contribution in [2.45, 2.75) is 50.7 Å². The summed E-state index contributed by atoms with van der Waals surface area (Å²) in [5.41, 5.74) is 2.78. The Kier molecular flexibility index (Phi) is 6.28. The number of aryl methyl sites for hydroxylation is 1. The van der Waals surface area contributed by atoms with E-state index >= 15 is 0 Å². The molecule has 2 saturated heterocycles. The highest BCUT2D eigenvalue weighted by Crippen LogP contribution is 2.34. The van der Waals surface area contributed by atoms with Crippen LogP contribution in [0.2, 0.25) is 0 Å². The second-order valence-corrected chi connectivity index (χ2v) is 8.79. The third kappa shape index (κ3) is 4.32. The molecular weight excluding hydrogens is 418 g/mol. The molecule has 0 unspecified atom stereocenters. The van der Waals surface area contributed by atoms with Gasteiger partial charge in [-0.1, -0.05) is 30.3 Å². The first-order valence-corrected chi connectivity index (χ1v) is 11.8. The summed E-state index contributed by atoms with van der Waals surface area (Å²) >= 11 is 0. The van der Waals surface area contributed by atoms with E-state index in [0.717, 1.165) is 67.7 Å². The van der Waals surface area contributed by atoms with E-state index in [2.05, 4.69) is 32.8 Å². The summed E-state index contributed by atoms with van der Waals surface area (Å²) in [7, 11) is 0. The molecule has 0 atom stereocenters. The Morgan fingerprint density at radius 2 is 1.82 bits per heavy atom. The number of nitrogens with zero attached hydrogens (tertiary/aromatic N) is 3. The fraction of sp³-hybridized carbons (Fsp3) is 0.480. The fourth-order valence-electron chi connectivity index (χ4n) is 4.88. The van der Waals surface area contributed by atoms with Crippen molar-refractivity contribution < 1.29 is 14.3 Å². The van der Waals surface area contributed by atoms with E-state index in [0.29, 0.717) is 18.8 Å². The Hall–Kier alpha value is -2.97. The van der Waals surface area contributed by atoms with E-state index in [4.69, 9.17) is 9.47 Å². The van der Waals surface area contributed by atoms with Crippen LogP contribution in [0, 0.1) is 0 Å². The lowest BCUT2D eigenvalue weighted by Gasteiger charge is -2.38. The van der Waals surface area contributed by atoms with Crippen molar-refractivity contribution in [3.05, 3.63) is 53.9 Å². The molecule has 1 amide bonds. The number of anilines is 1. The zero-order valence-electron chi connectivity index (χ0n) is 19.0. The zero-order valence-corrected chi connectivity index (χ0v) is 19.0. The number of fused-ring (bicyclic) bond motifs is 1. The summed E-state index contributed by atoms with van der Waals surface area (Å²) in [6.07, 6.45) is 6.76. The molecule has 8 nitrogen and oxygen atoms in total. The molecule has 174 valence electrons. The molecule has 2 N–H and O–H groups in total. The molecular formula is C25H31N5O3. The average molecular weight is 450 g/mol. The Labute approximate surface area is 193 Å². The predicted molar refractivity (Wildman–Crippen MR) is 126 cm³/mol. The van der Waals surface area contributed by atoms with E-state index < -0.39 is 5.54 Å². The maximum absolute atomic E-state index is 13.8. The van der Waals surface area contributed by atoms with Gasteiger partial charge in [-0.15, -0.1) is 0 Å². The van der Waals surface area contributed by atoms with Gasteiger partial charge in [-0.05, 0) is 38.2 Å². The fourth-order valence-corrected chi connectivity index (χ4v) is 4.88. The van der Waals surface area contributed by atoms with Crippen molar-refractivity contribution in [1.29, 1.82) is 0 Å². The molecule has 0 radical (unpaired) electrons. The van der Waals surface area contributed by atoms with Gasteiger partial charge >= 0.3 is 0 Å². The minimum absolute atomic E-state index is 0.131. The Morgan fingerprint density at radius 3 is 2.55 bits per heavy atom. The SMILES string of the molecule is CCn1ncc2c(NC3CCOCC3)c(C(=O)NC3(c4ccccc4)CCOCC3)cnc21. The number of benzene rings is 1. The molecule has 4 heterocycles. The van der Waals surface area contributed by atoms with Gasteiger partial charge in [0.1, 0.15) is 0 Å². The number of aromatic nitrogens is 3. The van der Waals surface area contributed by atoms with Gasteiger partial charge in [-0.3, -0.25) is 4.79 Å². The summed E-state index contributed by atoms with van der Waals surface area (Å²) in [6.45, 7) is 5.42. The lowest BCUT2D eigenvalue weighted by Crippen LogP contribution is -2.49. The van der Waals surface area contributed by atoms with Gasteiger partial charge in [-0.25, -0.2) is 9.67 Å². The van der Waals surface area contributed by atoms with Gasteiger partial charge in [0.05, 0.1) is 28.4 Å². The molecule has 2 aliphatic rings. The number of rotatable bonds is 6. The molecule has 0 saturated carbocycles. The summed E-state index contributed by atoms with van der Waals surface area (Å²) in [5, 5.41) is 12.4. The monoisotopic (exact) mass is 449 g/mol. The van der Waals surface area contributed by atoms with Crippen molar-refractivity contribution in [3.63, 3.8) is 0 Å². The average Bonchev–Trinajstić information content (AvgIpc) is 3.30. The van der Waals surface area contributed by atoms with E-state index in [1.54, 1.807) is 6.20 Å². The largest absolute Gasteiger partial charge is 0.381 e. The lowest BCUT2D eigenvalue weighted by atomic mass is 9.82. The highest BCUT2D eigenvalue weighted by molar-refractivity contribution is 6.06. The highest BCUT2D eigenvalue weighted by Gasteiger charge is 2.37. The highest BCUT2D eigenvalue weighted by atomic mass is 16.5. The lowest BCUT2D eigenvalue weighted by molar-refractivity contribution is 0.0345. The number of pyridine rings is 1. The van der Waals surface area contributed by atoms with Crippen molar-refractivity contribution in [1.82, 2.24) is 20.1 Å². The van der Waals surface area contributed by atoms with E-state index in [1.165, 1.54) is 0 Å². The molecule has 2 fully saturated rings. The standard InChI is InChI=1S/C25H31N5O3/c1-2-30-23-20(17-27-30)22(28-19-8-12-32-13-9-19)21(16-26-23)24(31)29-25(10-14-33-15-11-25)18-6-4-3-5-7-18/h3-7,16-17,19H,2,8-15H2,1H3,(H,26,28)(H,29,31). The van der Waals surface area contributed by atoms with Crippen LogP contribution in [0.3, 0.4) is 0 Å². The molecule has 2 aliphatic heterocycles. The van der Waals surface area contributed by atoms with Crippen LogP contribution in [0.4, 0.5) is 5.69 Å². The Balaban J connectivity index is 1.52. The summed E-state index contributed by atoms with van der Waals surface area (Å²) < 4.78 is 13.0. The summed E-state index contributed by atoms with van der Waals surface area (Å²) in [4.78, 5) is 18.4. The van der Waals surface area contributed by atoms with Gasteiger partial charge in [0, 0.05) is 45.2 Å². The number of ether oxygens (including phenoxy) is 2. The topological polar surface area (TPSA) is 90.3 Å². The first-order valence-electron chi connectivity index (χ1n) is 11.8. The minimum atomic E-state index is -0.463. The maximum Gasteiger partial charge on any atom is 0.255 e. The van der Waals surface area contributed by atoms with Gasteiger partial charge < -0.3 is 20.1 Å². The molecule has 0 aliphatic carbocycles. The van der Waals surface area contributed by atoms with Crippen molar-refractivity contribution in [2.24, 2.45) is 0 Å². The number of hydrogen-bond donors (Lipinski definition) is 2. The van der Waals surface area contributed by atoms with Gasteiger partial charge in [0.15, 0.2) is 5.65 Å². The Morgan fingerprint density at radius 1 is 1.09 bits per heavy atom. The summed E-state index contributed by atoms with van der Waals surface area (Å²) in [5.74, 6) is -0.131. The minimum Gasteiger partial charge on any atom is -0.381 e.